The van der Waals surface area contributed by atoms with Crippen LogP contribution < -0.4 is 5.32 Å². The van der Waals surface area contributed by atoms with Crippen LogP contribution in [-0.4, -0.2) is 58.4 Å². The van der Waals surface area contributed by atoms with Gasteiger partial charge in [-0.15, -0.1) is 0 Å². The highest BCUT2D eigenvalue weighted by Gasteiger charge is 2.21. The maximum atomic E-state index is 12.6. The SMILES string of the molecule is CCNC(C)c1cccc(S(=O)(=O)N(C)CCN(C)C)c1. The van der Waals surface area contributed by atoms with E-state index >= 15 is 0 Å². The van der Waals surface area contributed by atoms with Gasteiger partial charge in [-0.3, -0.25) is 0 Å². The molecule has 21 heavy (non-hydrogen) atoms. The van der Waals surface area contributed by atoms with Gasteiger partial charge in [-0.1, -0.05) is 19.1 Å². The van der Waals surface area contributed by atoms with Gasteiger partial charge in [0.15, 0.2) is 0 Å². The molecule has 1 atom stereocenters. The molecule has 1 N–H and O–H groups in total. The summed E-state index contributed by atoms with van der Waals surface area (Å²) in [5, 5.41) is 3.29. The van der Waals surface area contributed by atoms with Crippen LogP contribution in [-0.2, 0) is 10.0 Å². The van der Waals surface area contributed by atoms with Gasteiger partial charge in [0.1, 0.15) is 0 Å². The van der Waals surface area contributed by atoms with E-state index in [1.807, 2.05) is 38.9 Å². The van der Waals surface area contributed by atoms with Crippen LogP contribution in [0.4, 0.5) is 0 Å². The van der Waals surface area contributed by atoms with Crippen molar-refractivity contribution in [3.8, 4) is 0 Å². The van der Waals surface area contributed by atoms with E-state index in [1.165, 1.54) is 4.31 Å². The lowest BCUT2D eigenvalue weighted by molar-refractivity contribution is 0.358. The molecule has 0 amide bonds. The molecule has 0 fully saturated rings. The Hall–Kier alpha value is -0.950. The standard InChI is InChI=1S/C15H27N3O2S/c1-6-16-13(2)14-8-7-9-15(12-14)21(19,20)18(5)11-10-17(3)4/h7-9,12-13,16H,6,10-11H2,1-5H3. The second-order valence-electron chi connectivity index (χ2n) is 5.48. The van der Waals surface area contributed by atoms with Gasteiger partial charge in [-0.2, -0.15) is 4.31 Å². The summed E-state index contributed by atoms with van der Waals surface area (Å²) in [5.41, 5.74) is 0.985. The molecule has 0 saturated heterocycles. The Labute approximate surface area is 129 Å². The third-order valence-corrected chi connectivity index (χ3v) is 5.29. The van der Waals surface area contributed by atoms with Crippen LogP contribution in [0.15, 0.2) is 29.2 Å². The zero-order chi connectivity index (χ0) is 16.0. The summed E-state index contributed by atoms with van der Waals surface area (Å²) in [6, 6.07) is 7.30. The van der Waals surface area contributed by atoms with Crippen LogP contribution in [0, 0.1) is 0 Å². The van der Waals surface area contributed by atoms with Gasteiger partial charge in [-0.25, -0.2) is 8.42 Å². The molecule has 120 valence electrons. The van der Waals surface area contributed by atoms with Gasteiger partial charge < -0.3 is 10.2 Å². The van der Waals surface area contributed by atoms with Gasteiger partial charge in [-0.05, 0) is 45.3 Å². The topological polar surface area (TPSA) is 52.7 Å². The quantitative estimate of drug-likeness (QED) is 0.791. The third-order valence-electron chi connectivity index (χ3n) is 3.44. The first kappa shape index (κ1) is 18.1. The van der Waals surface area contributed by atoms with Crippen LogP contribution in [0.3, 0.4) is 0 Å². The number of hydrogen-bond donors (Lipinski definition) is 1. The minimum atomic E-state index is -3.43. The van der Waals surface area contributed by atoms with E-state index in [1.54, 1.807) is 25.2 Å². The lowest BCUT2D eigenvalue weighted by Crippen LogP contribution is -2.33. The maximum Gasteiger partial charge on any atom is 0.242 e. The summed E-state index contributed by atoms with van der Waals surface area (Å²) < 4.78 is 26.5. The molecule has 0 heterocycles. The van der Waals surface area contributed by atoms with Crippen molar-refractivity contribution in [2.75, 3.05) is 40.8 Å². The van der Waals surface area contributed by atoms with Gasteiger partial charge in [0, 0.05) is 26.2 Å². The first-order chi connectivity index (χ1) is 9.78. The Morgan fingerprint density at radius 1 is 1.19 bits per heavy atom. The minimum Gasteiger partial charge on any atom is -0.310 e. The summed E-state index contributed by atoms with van der Waals surface area (Å²) in [6.45, 7) is 6.09. The summed E-state index contributed by atoms with van der Waals surface area (Å²) >= 11 is 0. The van der Waals surface area contributed by atoms with Gasteiger partial charge in [0.2, 0.25) is 10.0 Å². The molecule has 1 unspecified atom stereocenters. The average molecular weight is 313 g/mol. The number of benzene rings is 1. The van der Waals surface area contributed by atoms with Crippen molar-refractivity contribution in [2.45, 2.75) is 24.8 Å². The van der Waals surface area contributed by atoms with Crippen LogP contribution in [0.1, 0.15) is 25.5 Å². The molecule has 1 rings (SSSR count). The van der Waals surface area contributed by atoms with Crippen molar-refractivity contribution in [3.05, 3.63) is 29.8 Å². The second kappa shape index (κ2) is 7.89. The summed E-state index contributed by atoms with van der Waals surface area (Å²) in [4.78, 5) is 2.32. The van der Waals surface area contributed by atoms with Crippen LogP contribution >= 0.6 is 0 Å². The molecule has 0 spiro atoms. The zero-order valence-corrected chi connectivity index (χ0v) is 14.4. The third kappa shape index (κ3) is 5.07. The van der Waals surface area contributed by atoms with Crippen molar-refractivity contribution in [2.24, 2.45) is 0 Å². The Kier molecular flexibility index (Phi) is 6.80. The summed E-state index contributed by atoms with van der Waals surface area (Å²) in [7, 11) is 2.06. The van der Waals surface area contributed by atoms with Crippen molar-refractivity contribution in [1.29, 1.82) is 0 Å². The fourth-order valence-corrected chi connectivity index (χ4v) is 3.23. The molecule has 0 bridgehead atoms. The highest BCUT2D eigenvalue weighted by atomic mass is 32.2. The summed E-state index contributed by atoms with van der Waals surface area (Å²) in [6.07, 6.45) is 0. The highest BCUT2D eigenvalue weighted by molar-refractivity contribution is 7.89. The molecule has 0 saturated carbocycles. The Balaban J connectivity index is 2.95. The van der Waals surface area contributed by atoms with E-state index in [-0.39, 0.29) is 6.04 Å². The molecule has 0 radical (unpaired) electrons. The van der Waals surface area contributed by atoms with E-state index in [2.05, 4.69) is 5.32 Å². The Bertz CT molecular complexity index is 544. The number of nitrogens with zero attached hydrogens (tertiary/aromatic N) is 2. The lowest BCUT2D eigenvalue weighted by Gasteiger charge is -2.20. The first-order valence-corrected chi connectivity index (χ1v) is 8.67. The van der Waals surface area contributed by atoms with Gasteiger partial charge in [0.05, 0.1) is 4.90 Å². The molecular formula is C15H27N3O2S. The first-order valence-electron chi connectivity index (χ1n) is 7.23. The van der Waals surface area contributed by atoms with Crippen molar-refractivity contribution in [1.82, 2.24) is 14.5 Å². The molecule has 6 heteroatoms. The maximum absolute atomic E-state index is 12.6. The largest absolute Gasteiger partial charge is 0.310 e. The monoisotopic (exact) mass is 313 g/mol. The molecule has 5 nitrogen and oxygen atoms in total. The second-order valence-corrected chi connectivity index (χ2v) is 7.53. The van der Waals surface area contributed by atoms with Gasteiger partial charge >= 0.3 is 0 Å². The number of nitrogens with one attached hydrogen (secondary N) is 1. The molecule has 0 aliphatic heterocycles. The number of rotatable bonds is 8. The number of hydrogen-bond acceptors (Lipinski definition) is 4. The molecule has 1 aromatic carbocycles. The normalized spacial score (nSPS) is 13.9. The molecular weight excluding hydrogens is 286 g/mol. The predicted molar refractivity (Wildman–Crippen MR) is 86.9 cm³/mol. The van der Waals surface area contributed by atoms with E-state index in [9.17, 15) is 8.42 Å². The lowest BCUT2D eigenvalue weighted by atomic mass is 10.1. The van der Waals surface area contributed by atoms with Crippen LogP contribution in [0.2, 0.25) is 0 Å². The highest BCUT2D eigenvalue weighted by Crippen LogP contribution is 2.19. The van der Waals surface area contributed by atoms with E-state index in [0.29, 0.717) is 18.0 Å². The Morgan fingerprint density at radius 3 is 2.43 bits per heavy atom. The van der Waals surface area contributed by atoms with Crippen molar-refractivity contribution >= 4 is 10.0 Å². The number of sulfonamides is 1. The predicted octanol–water partition coefficient (Wildman–Crippen LogP) is 1.54. The van der Waals surface area contributed by atoms with E-state index in [0.717, 1.165) is 12.1 Å². The fraction of sp³-hybridized carbons (Fsp3) is 0.600. The minimum absolute atomic E-state index is 0.136. The van der Waals surface area contributed by atoms with Gasteiger partial charge in [0.25, 0.3) is 0 Å². The van der Waals surface area contributed by atoms with Crippen molar-refractivity contribution in [3.63, 3.8) is 0 Å². The summed E-state index contributed by atoms with van der Waals surface area (Å²) in [5.74, 6) is 0. The Morgan fingerprint density at radius 2 is 1.86 bits per heavy atom. The molecule has 0 aliphatic rings. The van der Waals surface area contributed by atoms with Crippen LogP contribution in [0.5, 0.6) is 0 Å². The number of likely N-dealkylation sites (N-methyl/N-ethyl adjacent to an activating group) is 2. The molecule has 1 aromatic rings. The average Bonchev–Trinajstić information content (AvgIpc) is 2.45. The van der Waals surface area contributed by atoms with E-state index < -0.39 is 10.0 Å². The zero-order valence-electron chi connectivity index (χ0n) is 13.6. The molecule has 0 aromatic heterocycles. The van der Waals surface area contributed by atoms with Crippen LogP contribution in [0.25, 0.3) is 0 Å². The van der Waals surface area contributed by atoms with E-state index in [4.69, 9.17) is 0 Å². The smallest absolute Gasteiger partial charge is 0.242 e. The molecule has 0 aliphatic carbocycles. The van der Waals surface area contributed by atoms with Crippen molar-refractivity contribution < 1.29 is 8.42 Å². The fourth-order valence-electron chi connectivity index (χ4n) is 2.01.